The largest absolute Gasteiger partial charge is 0.272 e. The normalized spacial score (nSPS) is 14.8. The van der Waals surface area contributed by atoms with Crippen molar-refractivity contribution in [2.75, 3.05) is 0 Å². The summed E-state index contributed by atoms with van der Waals surface area (Å²) in [7, 11) is 0. The third-order valence-corrected chi connectivity index (χ3v) is 4.07. The van der Waals surface area contributed by atoms with Crippen LogP contribution in [0.15, 0.2) is 41.3 Å². The van der Waals surface area contributed by atoms with Gasteiger partial charge in [-0.1, -0.05) is 15.9 Å². The molecule has 0 saturated heterocycles. The molecule has 0 spiro atoms. The molecular weight excluding hydrogens is 316 g/mol. The quantitative estimate of drug-likeness (QED) is 0.736. The summed E-state index contributed by atoms with van der Waals surface area (Å²) in [6, 6.07) is 5.93. The van der Waals surface area contributed by atoms with Gasteiger partial charge in [-0.05, 0) is 37.0 Å². The Morgan fingerprint density at radius 2 is 2.10 bits per heavy atom. The molecule has 0 bridgehead atoms. The van der Waals surface area contributed by atoms with Crippen molar-refractivity contribution in [1.29, 1.82) is 0 Å². The lowest BCUT2D eigenvalue weighted by molar-refractivity contribution is 0.563. The summed E-state index contributed by atoms with van der Waals surface area (Å²) < 4.78 is 3.03. The van der Waals surface area contributed by atoms with Crippen LogP contribution in [0, 0.1) is 5.92 Å². The van der Waals surface area contributed by atoms with Gasteiger partial charge in [-0.15, -0.1) is 0 Å². The SMILES string of the molecule is Brc1ccc2ncc(-c3cnn(CC4CC4)c3)nc2c1. The summed E-state index contributed by atoms with van der Waals surface area (Å²) >= 11 is 3.47. The third-order valence-electron chi connectivity index (χ3n) is 3.58. The minimum absolute atomic E-state index is 0.821. The molecule has 1 aliphatic carbocycles. The Morgan fingerprint density at radius 3 is 2.95 bits per heavy atom. The van der Waals surface area contributed by atoms with E-state index >= 15 is 0 Å². The van der Waals surface area contributed by atoms with Crippen molar-refractivity contribution < 1.29 is 0 Å². The van der Waals surface area contributed by atoms with E-state index in [4.69, 9.17) is 0 Å². The minimum atomic E-state index is 0.821. The van der Waals surface area contributed by atoms with E-state index in [-0.39, 0.29) is 0 Å². The van der Waals surface area contributed by atoms with Crippen molar-refractivity contribution >= 4 is 27.0 Å². The van der Waals surface area contributed by atoms with Crippen LogP contribution in [0.5, 0.6) is 0 Å². The topological polar surface area (TPSA) is 43.6 Å². The fourth-order valence-electron chi connectivity index (χ4n) is 2.28. The number of aromatic nitrogens is 4. The summed E-state index contributed by atoms with van der Waals surface area (Å²) in [5, 5.41) is 4.41. The Balaban J connectivity index is 1.71. The Morgan fingerprint density at radius 1 is 1.20 bits per heavy atom. The number of rotatable bonds is 3. The molecule has 1 aromatic carbocycles. The second-order valence-electron chi connectivity index (χ2n) is 5.28. The molecule has 0 aliphatic heterocycles. The van der Waals surface area contributed by atoms with Gasteiger partial charge >= 0.3 is 0 Å². The number of hydrogen-bond donors (Lipinski definition) is 0. The van der Waals surface area contributed by atoms with Gasteiger partial charge < -0.3 is 0 Å². The molecule has 1 saturated carbocycles. The summed E-state index contributed by atoms with van der Waals surface area (Å²) in [4.78, 5) is 9.13. The monoisotopic (exact) mass is 328 g/mol. The summed E-state index contributed by atoms with van der Waals surface area (Å²) in [6.45, 7) is 1.02. The lowest BCUT2D eigenvalue weighted by atomic mass is 10.2. The van der Waals surface area contributed by atoms with Gasteiger partial charge in [0.05, 0.1) is 29.1 Å². The van der Waals surface area contributed by atoms with Crippen LogP contribution in [0.2, 0.25) is 0 Å². The molecule has 20 heavy (non-hydrogen) atoms. The van der Waals surface area contributed by atoms with Gasteiger partial charge in [-0.2, -0.15) is 5.10 Å². The summed E-state index contributed by atoms with van der Waals surface area (Å²) in [6.07, 6.45) is 8.41. The molecule has 1 aliphatic rings. The zero-order valence-electron chi connectivity index (χ0n) is 10.8. The molecule has 3 aromatic rings. The molecule has 1 fully saturated rings. The molecule has 100 valence electrons. The fourth-order valence-corrected chi connectivity index (χ4v) is 2.63. The van der Waals surface area contributed by atoms with E-state index < -0.39 is 0 Å². The van der Waals surface area contributed by atoms with E-state index in [1.807, 2.05) is 35.3 Å². The van der Waals surface area contributed by atoms with Crippen molar-refractivity contribution in [2.24, 2.45) is 5.92 Å². The first-order chi connectivity index (χ1) is 9.78. The molecule has 5 heteroatoms. The number of benzene rings is 1. The van der Waals surface area contributed by atoms with Gasteiger partial charge in [0.15, 0.2) is 0 Å². The summed E-state index contributed by atoms with van der Waals surface area (Å²) in [5.74, 6) is 0.821. The highest BCUT2D eigenvalue weighted by molar-refractivity contribution is 9.10. The lowest BCUT2D eigenvalue weighted by Crippen LogP contribution is -1.99. The average molecular weight is 329 g/mol. The van der Waals surface area contributed by atoms with Crippen molar-refractivity contribution in [3.05, 3.63) is 41.3 Å². The van der Waals surface area contributed by atoms with E-state index in [1.54, 1.807) is 0 Å². The van der Waals surface area contributed by atoms with Crippen molar-refractivity contribution in [3.8, 4) is 11.3 Å². The molecule has 0 amide bonds. The smallest absolute Gasteiger partial charge is 0.0924 e. The Bertz CT molecular complexity index is 776. The van der Waals surface area contributed by atoms with Crippen LogP contribution in [-0.4, -0.2) is 19.7 Å². The molecule has 2 heterocycles. The highest BCUT2D eigenvalue weighted by atomic mass is 79.9. The number of halogens is 1. The van der Waals surface area contributed by atoms with E-state index in [9.17, 15) is 0 Å². The van der Waals surface area contributed by atoms with Gasteiger partial charge in [0.25, 0.3) is 0 Å². The van der Waals surface area contributed by atoms with Crippen LogP contribution in [0.25, 0.3) is 22.3 Å². The van der Waals surface area contributed by atoms with E-state index in [1.165, 1.54) is 12.8 Å². The molecule has 0 N–H and O–H groups in total. The molecule has 0 atom stereocenters. The Labute approximate surface area is 125 Å². The van der Waals surface area contributed by atoms with Crippen LogP contribution in [0.3, 0.4) is 0 Å². The van der Waals surface area contributed by atoms with Crippen LogP contribution >= 0.6 is 15.9 Å². The maximum atomic E-state index is 4.67. The Kier molecular flexibility index (Phi) is 2.80. The van der Waals surface area contributed by atoms with Gasteiger partial charge in [-0.3, -0.25) is 9.67 Å². The second kappa shape index (κ2) is 4.66. The average Bonchev–Trinajstić information content (AvgIpc) is 3.13. The minimum Gasteiger partial charge on any atom is -0.272 e. The van der Waals surface area contributed by atoms with Crippen LogP contribution in [-0.2, 0) is 6.54 Å². The van der Waals surface area contributed by atoms with E-state index in [0.29, 0.717) is 0 Å². The van der Waals surface area contributed by atoms with E-state index in [2.05, 4.69) is 37.2 Å². The number of hydrogen-bond acceptors (Lipinski definition) is 3. The van der Waals surface area contributed by atoms with Crippen molar-refractivity contribution in [1.82, 2.24) is 19.7 Å². The zero-order chi connectivity index (χ0) is 13.5. The number of fused-ring (bicyclic) bond motifs is 1. The van der Waals surface area contributed by atoms with Crippen LogP contribution < -0.4 is 0 Å². The van der Waals surface area contributed by atoms with Crippen molar-refractivity contribution in [2.45, 2.75) is 19.4 Å². The summed E-state index contributed by atoms with van der Waals surface area (Å²) in [5.41, 5.74) is 3.70. The first kappa shape index (κ1) is 12.0. The predicted octanol–water partition coefficient (Wildman–Crippen LogP) is 3.67. The lowest BCUT2D eigenvalue weighted by Gasteiger charge is -2.01. The molecule has 2 aromatic heterocycles. The first-order valence-corrected chi connectivity index (χ1v) is 7.52. The van der Waals surface area contributed by atoms with Gasteiger partial charge in [-0.25, -0.2) is 4.98 Å². The maximum Gasteiger partial charge on any atom is 0.0924 e. The second-order valence-corrected chi connectivity index (χ2v) is 6.20. The standard InChI is InChI=1S/C15H13BrN4/c16-12-3-4-13-14(5-12)19-15(7-17-13)11-6-18-20(9-11)8-10-1-2-10/h3-7,9-10H,1-2,8H2. The first-order valence-electron chi connectivity index (χ1n) is 6.73. The molecular formula is C15H13BrN4. The number of nitrogens with zero attached hydrogens (tertiary/aromatic N) is 4. The van der Waals surface area contributed by atoms with Gasteiger partial charge in [0.1, 0.15) is 0 Å². The zero-order valence-corrected chi connectivity index (χ0v) is 12.4. The van der Waals surface area contributed by atoms with Crippen LogP contribution in [0.4, 0.5) is 0 Å². The van der Waals surface area contributed by atoms with Crippen molar-refractivity contribution in [3.63, 3.8) is 0 Å². The van der Waals surface area contributed by atoms with Crippen LogP contribution in [0.1, 0.15) is 12.8 Å². The van der Waals surface area contributed by atoms with Gasteiger partial charge in [0, 0.05) is 22.8 Å². The fraction of sp³-hybridized carbons (Fsp3) is 0.267. The molecule has 0 unspecified atom stereocenters. The van der Waals surface area contributed by atoms with E-state index in [0.717, 1.165) is 39.2 Å². The molecule has 0 radical (unpaired) electrons. The maximum absolute atomic E-state index is 4.67. The third kappa shape index (κ3) is 2.33. The van der Waals surface area contributed by atoms with Gasteiger partial charge in [0.2, 0.25) is 0 Å². The molecule has 4 rings (SSSR count). The Hall–Kier alpha value is -1.75. The molecule has 4 nitrogen and oxygen atoms in total. The predicted molar refractivity (Wildman–Crippen MR) is 81.2 cm³/mol. The highest BCUT2D eigenvalue weighted by Crippen LogP contribution is 2.30. The highest BCUT2D eigenvalue weighted by Gasteiger charge is 2.22.